The monoisotopic (exact) mass is 386 g/mol. The van der Waals surface area contributed by atoms with Crippen LogP contribution in [0.5, 0.6) is 0 Å². The van der Waals surface area contributed by atoms with Gasteiger partial charge in [-0.1, -0.05) is 29.8 Å². The molecule has 0 saturated heterocycles. The highest BCUT2D eigenvalue weighted by Gasteiger charge is 2.30. The summed E-state index contributed by atoms with van der Waals surface area (Å²) in [5, 5.41) is 3.08. The number of carbonyl (C=O) groups excluding carboxylic acids is 2. The minimum absolute atomic E-state index is 0.213. The maximum Gasteiger partial charge on any atom is 0.416 e. The normalized spacial score (nSPS) is 11.1. The fraction of sp³-hybridized carbons (Fsp3) is 0.176. The smallest absolute Gasteiger partial charge is 0.350 e. The molecule has 2 rings (SSSR count). The molecule has 138 valence electrons. The quantitative estimate of drug-likeness (QED) is 0.748. The molecule has 0 radical (unpaired) electrons. The van der Waals surface area contributed by atoms with Crippen molar-refractivity contribution in [3.63, 3.8) is 0 Å². The Bertz CT molecular complexity index is 797. The van der Waals surface area contributed by atoms with Crippen LogP contribution < -0.4 is 10.8 Å². The Morgan fingerprint density at radius 1 is 1.08 bits per heavy atom. The Morgan fingerprint density at radius 3 is 2.50 bits per heavy atom. The third kappa shape index (κ3) is 6.05. The fourth-order valence-corrected chi connectivity index (χ4v) is 2.17. The van der Waals surface area contributed by atoms with Crippen LogP contribution in [0.25, 0.3) is 0 Å². The summed E-state index contributed by atoms with van der Waals surface area (Å²) in [5.41, 5.74) is 1.51. The van der Waals surface area contributed by atoms with Crippen LogP contribution in [0.15, 0.2) is 48.5 Å². The van der Waals surface area contributed by atoms with Crippen molar-refractivity contribution in [2.75, 3.05) is 6.61 Å². The molecule has 2 aromatic carbocycles. The van der Waals surface area contributed by atoms with Gasteiger partial charge in [0.25, 0.3) is 5.91 Å². The van der Waals surface area contributed by atoms with E-state index in [0.29, 0.717) is 11.1 Å². The van der Waals surface area contributed by atoms with Crippen LogP contribution in [0, 0.1) is 0 Å². The van der Waals surface area contributed by atoms with Crippen molar-refractivity contribution in [2.24, 2.45) is 0 Å². The van der Waals surface area contributed by atoms with E-state index in [1.54, 1.807) is 24.3 Å². The number of halogens is 4. The number of nitrogens with one attached hydrogen (secondary N) is 2. The highest BCUT2D eigenvalue weighted by atomic mass is 35.5. The zero-order valence-corrected chi connectivity index (χ0v) is 14.0. The standard InChI is InChI=1S/C17H14ClF3N2O3/c18-14-6-1-3-11(7-14)9-22-15(24)10-26-23-16(25)12-4-2-5-13(8-12)17(19,20)21/h1-8H,9-10H2,(H,22,24)(H,23,25). The van der Waals surface area contributed by atoms with Crippen LogP contribution in [0.3, 0.4) is 0 Å². The van der Waals surface area contributed by atoms with Gasteiger partial charge in [0.2, 0.25) is 5.91 Å². The summed E-state index contributed by atoms with van der Waals surface area (Å²) in [6.45, 7) is -0.282. The predicted octanol–water partition coefficient (Wildman–Crippen LogP) is 3.34. The van der Waals surface area contributed by atoms with Gasteiger partial charge in [0.1, 0.15) is 0 Å². The zero-order valence-electron chi connectivity index (χ0n) is 13.3. The highest BCUT2D eigenvalue weighted by Crippen LogP contribution is 2.29. The summed E-state index contributed by atoms with van der Waals surface area (Å²) >= 11 is 5.82. The maximum atomic E-state index is 12.6. The topological polar surface area (TPSA) is 67.4 Å². The number of hydrogen-bond acceptors (Lipinski definition) is 3. The molecule has 5 nitrogen and oxygen atoms in total. The van der Waals surface area contributed by atoms with E-state index in [1.807, 2.05) is 5.48 Å². The van der Waals surface area contributed by atoms with Crippen molar-refractivity contribution in [2.45, 2.75) is 12.7 Å². The van der Waals surface area contributed by atoms with Gasteiger partial charge in [0.05, 0.1) is 5.56 Å². The minimum atomic E-state index is -4.56. The highest BCUT2D eigenvalue weighted by molar-refractivity contribution is 6.30. The first-order chi connectivity index (χ1) is 12.3. The molecule has 2 amide bonds. The number of amides is 2. The molecule has 26 heavy (non-hydrogen) atoms. The summed E-state index contributed by atoms with van der Waals surface area (Å²) in [7, 11) is 0. The van der Waals surface area contributed by atoms with Crippen LogP contribution in [-0.4, -0.2) is 18.4 Å². The van der Waals surface area contributed by atoms with E-state index < -0.39 is 30.2 Å². The lowest BCUT2D eigenvalue weighted by molar-refractivity contribution is -0.137. The Hall–Kier alpha value is -2.58. The summed E-state index contributed by atoms with van der Waals surface area (Å²) < 4.78 is 37.8. The second-order valence-corrected chi connectivity index (χ2v) is 5.64. The molecule has 0 saturated carbocycles. The molecule has 0 bridgehead atoms. The first-order valence-electron chi connectivity index (χ1n) is 7.36. The van der Waals surface area contributed by atoms with Gasteiger partial charge in [0, 0.05) is 17.1 Å². The van der Waals surface area contributed by atoms with Crippen molar-refractivity contribution in [3.8, 4) is 0 Å². The summed E-state index contributed by atoms with van der Waals surface area (Å²) in [6, 6.07) is 10.7. The number of rotatable bonds is 6. The number of carbonyl (C=O) groups is 2. The van der Waals surface area contributed by atoms with E-state index >= 15 is 0 Å². The van der Waals surface area contributed by atoms with Crippen molar-refractivity contribution < 1.29 is 27.6 Å². The van der Waals surface area contributed by atoms with Crippen molar-refractivity contribution in [1.82, 2.24) is 10.8 Å². The molecule has 0 aliphatic rings. The lowest BCUT2D eigenvalue weighted by Crippen LogP contribution is -2.32. The van der Waals surface area contributed by atoms with Gasteiger partial charge in [-0.15, -0.1) is 0 Å². The molecule has 0 atom stereocenters. The van der Waals surface area contributed by atoms with E-state index in [9.17, 15) is 22.8 Å². The molecule has 2 N–H and O–H groups in total. The van der Waals surface area contributed by atoms with E-state index in [-0.39, 0.29) is 12.1 Å². The maximum absolute atomic E-state index is 12.6. The molecule has 2 aromatic rings. The third-order valence-corrected chi connectivity index (χ3v) is 3.43. The van der Waals surface area contributed by atoms with E-state index in [4.69, 9.17) is 16.4 Å². The van der Waals surface area contributed by atoms with Crippen LogP contribution in [0.1, 0.15) is 21.5 Å². The van der Waals surface area contributed by atoms with Crippen LogP contribution in [-0.2, 0) is 22.4 Å². The second-order valence-electron chi connectivity index (χ2n) is 5.21. The van der Waals surface area contributed by atoms with Gasteiger partial charge in [-0.2, -0.15) is 13.2 Å². The fourth-order valence-electron chi connectivity index (χ4n) is 1.96. The van der Waals surface area contributed by atoms with Crippen molar-refractivity contribution >= 4 is 23.4 Å². The van der Waals surface area contributed by atoms with Crippen LogP contribution >= 0.6 is 11.6 Å². The van der Waals surface area contributed by atoms with Gasteiger partial charge in [0.15, 0.2) is 6.61 Å². The lowest BCUT2D eigenvalue weighted by atomic mass is 10.1. The largest absolute Gasteiger partial charge is 0.416 e. The Labute approximate surface area is 152 Å². The first kappa shape index (κ1) is 19.7. The van der Waals surface area contributed by atoms with Crippen molar-refractivity contribution in [3.05, 3.63) is 70.2 Å². The third-order valence-electron chi connectivity index (χ3n) is 3.20. The Morgan fingerprint density at radius 2 is 1.81 bits per heavy atom. The SMILES string of the molecule is O=C(CONC(=O)c1cccc(C(F)(F)F)c1)NCc1cccc(Cl)c1. The molecule has 0 aliphatic heterocycles. The van der Waals surface area contributed by atoms with Crippen molar-refractivity contribution in [1.29, 1.82) is 0 Å². The van der Waals surface area contributed by atoms with Gasteiger partial charge in [-0.05, 0) is 35.9 Å². The van der Waals surface area contributed by atoms with E-state index in [2.05, 4.69) is 5.32 Å². The summed E-state index contributed by atoms with van der Waals surface area (Å²) in [5.74, 6) is -1.41. The average molecular weight is 387 g/mol. The lowest BCUT2D eigenvalue weighted by Gasteiger charge is -2.09. The minimum Gasteiger partial charge on any atom is -0.350 e. The van der Waals surface area contributed by atoms with Crippen LogP contribution in [0.2, 0.25) is 5.02 Å². The Balaban J connectivity index is 1.78. The van der Waals surface area contributed by atoms with Gasteiger partial charge in [-0.25, -0.2) is 5.48 Å². The van der Waals surface area contributed by atoms with Gasteiger partial charge < -0.3 is 5.32 Å². The van der Waals surface area contributed by atoms with Gasteiger partial charge in [-0.3, -0.25) is 14.4 Å². The number of benzene rings is 2. The summed E-state index contributed by atoms with van der Waals surface area (Å²) in [4.78, 5) is 28.1. The molecule has 9 heteroatoms. The Kier molecular flexibility index (Phi) is 6.59. The molecule has 0 spiro atoms. The van der Waals surface area contributed by atoms with Gasteiger partial charge >= 0.3 is 6.18 Å². The molecule has 0 unspecified atom stereocenters. The zero-order chi connectivity index (χ0) is 19.2. The average Bonchev–Trinajstić information content (AvgIpc) is 2.59. The van der Waals surface area contributed by atoms with E-state index in [0.717, 1.165) is 17.7 Å². The predicted molar refractivity (Wildman–Crippen MR) is 88.2 cm³/mol. The number of alkyl halides is 3. The molecular formula is C17H14ClF3N2O3. The summed E-state index contributed by atoms with van der Waals surface area (Å²) in [6.07, 6.45) is -4.56. The van der Waals surface area contributed by atoms with Crippen LogP contribution in [0.4, 0.5) is 13.2 Å². The number of hydroxylamine groups is 1. The molecule has 0 fully saturated rings. The number of hydrogen-bond donors (Lipinski definition) is 2. The van der Waals surface area contributed by atoms with E-state index in [1.165, 1.54) is 6.07 Å². The molecule has 0 aromatic heterocycles. The first-order valence-corrected chi connectivity index (χ1v) is 7.74. The second kappa shape index (κ2) is 8.68. The molecule has 0 heterocycles. The molecular weight excluding hydrogens is 373 g/mol. The molecule has 0 aliphatic carbocycles.